The number of nitrogens with two attached hydrogens (primary N) is 2. The Morgan fingerprint density at radius 1 is 1.22 bits per heavy atom. The van der Waals surface area contributed by atoms with Crippen molar-refractivity contribution in [2.75, 3.05) is 11.6 Å². The molecule has 1 aromatic heterocycles. The van der Waals surface area contributed by atoms with E-state index in [0.29, 0.717) is 5.82 Å². The van der Waals surface area contributed by atoms with Crippen molar-refractivity contribution in [3.63, 3.8) is 0 Å². The van der Waals surface area contributed by atoms with E-state index in [4.69, 9.17) is 11.6 Å². The zero-order valence-electron chi connectivity index (χ0n) is 11.2. The third-order valence-electron chi connectivity index (χ3n) is 3.28. The number of benzene rings is 1. The first-order chi connectivity index (χ1) is 8.54. The van der Waals surface area contributed by atoms with Gasteiger partial charge in [0, 0.05) is 12.0 Å². The lowest BCUT2D eigenvalue weighted by Gasteiger charge is -2.04. The molecule has 0 spiro atoms. The van der Waals surface area contributed by atoms with Crippen molar-refractivity contribution < 1.29 is 0 Å². The van der Waals surface area contributed by atoms with Crippen LogP contribution in [-0.4, -0.2) is 9.66 Å². The maximum atomic E-state index is 6.03. The summed E-state index contributed by atoms with van der Waals surface area (Å²) in [7, 11) is 0. The molecule has 18 heavy (non-hydrogen) atoms. The van der Waals surface area contributed by atoms with Crippen LogP contribution in [0.2, 0.25) is 0 Å². The van der Waals surface area contributed by atoms with Crippen LogP contribution in [0.4, 0.5) is 5.82 Å². The van der Waals surface area contributed by atoms with E-state index < -0.39 is 0 Å². The molecule has 1 heterocycles. The minimum atomic E-state index is 0.529. The number of hydrogen-bond acceptors (Lipinski definition) is 3. The highest BCUT2D eigenvalue weighted by atomic mass is 15.4. The van der Waals surface area contributed by atoms with E-state index in [0.717, 1.165) is 29.9 Å². The number of anilines is 1. The van der Waals surface area contributed by atoms with Crippen LogP contribution in [-0.2, 0) is 6.42 Å². The third-order valence-corrected chi connectivity index (χ3v) is 3.28. The first-order valence-corrected chi connectivity index (χ1v) is 6.24. The zero-order valence-corrected chi connectivity index (χ0v) is 11.2. The standard InChI is InChI=1S/C14H20N4/c1-4-5-12-17-13(14(15)18(12)16)11-7-6-9(2)10(3)8-11/h6-8H,4-5,15-16H2,1-3H3. The topological polar surface area (TPSA) is 69.9 Å². The summed E-state index contributed by atoms with van der Waals surface area (Å²) in [4.78, 5) is 4.55. The van der Waals surface area contributed by atoms with Crippen molar-refractivity contribution in [1.29, 1.82) is 0 Å². The molecule has 0 bridgehead atoms. The lowest BCUT2D eigenvalue weighted by atomic mass is 10.0. The Morgan fingerprint density at radius 3 is 2.56 bits per heavy atom. The molecule has 0 amide bonds. The predicted octanol–water partition coefficient (Wildman–Crippen LogP) is 2.42. The van der Waals surface area contributed by atoms with Crippen LogP contribution in [0.3, 0.4) is 0 Å². The van der Waals surface area contributed by atoms with Gasteiger partial charge in [0.2, 0.25) is 0 Å². The molecule has 4 nitrogen and oxygen atoms in total. The molecular formula is C14H20N4. The van der Waals surface area contributed by atoms with Crippen LogP contribution in [0, 0.1) is 13.8 Å². The Bertz CT molecular complexity index is 569. The van der Waals surface area contributed by atoms with Crippen LogP contribution < -0.4 is 11.6 Å². The smallest absolute Gasteiger partial charge is 0.150 e. The van der Waals surface area contributed by atoms with E-state index in [1.165, 1.54) is 15.8 Å². The van der Waals surface area contributed by atoms with Crippen molar-refractivity contribution >= 4 is 5.82 Å². The highest BCUT2D eigenvalue weighted by Gasteiger charge is 2.14. The Hall–Kier alpha value is -1.97. The number of aromatic nitrogens is 2. The van der Waals surface area contributed by atoms with Gasteiger partial charge in [-0.3, -0.25) is 0 Å². The summed E-state index contributed by atoms with van der Waals surface area (Å²) in [6, 6.07) is 6.22. The van der Waals surface area contributed by atoms with Gasteiger partial charge < -0.3 is 11.6 Å². The summed E-state index contributed by atoms with van der Waals surface area (Å²) in [5, 5.41) is 0. The summed E-state index contributed by atoms with van der Waals surface area (Å²) in [6.07, 6.45) is 1.84. The molecule has 4 N–H and O–H groups in total. The summed E-state index contributed by atoms with van der Waals surface area (Å²) in [5.74, 6) is 7.29. The Kier molecular flexibility index (Phi) is 3.28. The molecule has 0 atom stereocenters. The normalized spacial score (nSPS) is 10.8. The van der Waals surface area contributed by atoms with Crippen LogP contribution in [0.5, 0.6) is 0 Å². The number of nitrogens with zero attached hydrogens (tertiary/aromatic N) is 2. The summed E-state index contributed by atoms with van der Waals surface area (Å²) >= 11 is 0. The van der Waals surface area contributed by atoms with Gasteiger partial charge in [0.25, 0.3) is 0 Å². The van der Waals surface area contributed by atoms with Gasteiger partial charge in [-0.2, -0.15) is 0 Å². The van der Waals surface area contributed by atoms with E-state index in [1.807, 2.05) is 6.07 Å². The number of hydrogen-bond donors (Lipinski definition) is 2. The van der Waals surface area contributed by atoms with Gasteiger partial charge in [-0.05, 0) is 37.5 Å². The number of rotatable bonds is 3. The number of imidazole rings is 1. The molecule has 0 aliphatic rings. The molecule has 2 rings (SSSR count). The minimum absolute atomic E-state index is 0.529. The fourth-order valence-corrected chi connectivity index (χ4v) is 1.99. The van der Waals surface area contributed by atoms with E-state index in [-0.39, 0.29) is 0 Å². The van der Waals surface area contributed by atoms with Crippen LogP contribution in [0.1, 0.15) is 30.3 Å². The summed E-state index contributed by atoms with van der Waals surface area (Å²) in [6.45, 7) is 6.27. The predicted molar refractivity (Wildman–Crippen MR) is 75.7 cm³/mol. The molecule has 4 heteroatoms. The highest BCUT2D eigenvalue weighted by molar-refractivity contribution is 5.72. The largest absolute Gasteiger partial charge is 0.382 e. The van der Waals surface area contributed by atoms with Crippen molar-refractivity contribution in [3.05, 3.63) is 35.2 Å². The number of aryl methyl sites for hydroxylation is 3. The van der Waals surface area contributed by atoms with Crippen LogP contribution >= 0.6 is 0 Å². The van der Waals surface area contributed by atoms with Gasteiger partial charge in [-0.25, -0.2) is 9.66 Å². The quantitative estimate of drug-likeness (QED) is 0.815. The second-order valence-corrected chi connectivity index (χ2v) is 4.68. The van der Waals surface area contributed by atoms with Gasteiger partial charge >= 0.3 is 0 Å². The fraction of sp³-hybridized carbons (Fsp3) is 0.357. The van der Waals surface area contributed by atoms with Gasteiger partial charge in [-0.15, -0.1) is 0 Å². The first kappa shape index (κ1) is 12.5. The van der Waals surface area contributed by atoms with Gasteiger partial charge in [0.05, 0.1) is 0 Å². The Morgan fingerprint density at radius 2 is 1.94 bits per heavy atom. The Labute approximate surface area is 108 Å². The average Bonchev–Trinajstić information content (AvgIpc) is 2.62. The molecule has 96 valence electrons. The zero-order chi connectivity index (χ0) is 13.3. The molecule has 0 aliphatic carbocycles. The van der Waals surface area contributed by atoms with E-state index in [9.17, 15) is 0 Å². The first-order valence-electron chi connectivity index (χ1n) is 6.24. The van der Waals surface area contributed by atoms with Gasteiger partial charge in [-0.1, -0.05) is 19.1 Å². The second kappa shape index (κ2) is 4.72. The van der Waals surface area contributed by atoms with Crippen LogP contribution in [0.15, 0.2) is 18.2 Å². The van der Waals surface area contributed by atoms with Crippen molar-refractivity contribution in [2.24, 2.45) is 0 Å². The molecule has 0 radical (unpaired) electrons. The fourth-order valence-electron chi connectivity index (χ4n) is 1.99. The van der Waals surface area contributed by atoms with Gasteiger partial charge in [0.1, 0.15) is 11.5 Å². The molecule has 0 saturated heterocycles. The van der Waals surface area contributed by atoms with Crippen LogP contribution in [0.25, 0.3) is 11.3 Å². The molecule has 0 unspecified atom stereocenters. The average molecular weight is 244 g/mol. The van der Waals surface area contributed by atoms with Gasteiger partial charge in [0.15, 0.2) is 5.82 Å². The lowest BCUT2D eigenvalue weighted by Crippen LogP contribution is -2.15. The maximum absolute atomic E-state index is 6.03. The highest BCUT2D eigenvalue weighted by Crippen LogP contribution is 2.27. The van der Waals surface area contributed by atoms with E-state index in [2.05, 4.69) is 37.9 Å². The van der Waals surface area contributed by atoms with Crippen molar-refractivity contribution in [3.8, 4) is 11.3 Å². The molecule has 0 aliphatic heterocycles. The maximum Gasteiger partial charge on any atom is 0.150 e. The Balaban J connectivity index is 2.50. The molecule has 0 saturated carbocycles. The SMILES string of the molecule is CCCc1nc(-c2ccc(C)c(C)c2)c(N)n1N. The van der Waals surface area contributed by atoms with E-state index in [1.54, 1.807) is 0 Å². The second-order valence-electron chi connectivity index (χ2n) is 4.68. The van der Waals surface area contributed by atoms with E-state index >= 15 is 0 Å². The summed E-state index contributed by atoms with van der Waals surface area (Å²) < 4.78 is 1.49. The minimum Gasteiger partial charge on any atom is -0.382 e. The van der Waals surface area contributed by atoms with Crippen molar-refractivity contribution in [2.45, 2.75) is 33.6 Å². The molecular weight excluding hydrogens is 224 g/mol. The van der Waals surface area contributed by atoms with Crippen molar-refractivity contribution in [1.82, 2.24) is 9.66 Å². The number of nitrogen functional groups attached to an aromatic ring is 2. The monoisotopic (exact) mass is 244 g/mol. The molecule has 0 fully saturated rings. The molecule has 2 aromatic rings. The summed E-state index contributed by atoms with van der Waals surface area (Å²) in [5.41, 5.74) is 10.3. The third kappa shape index (κ3) is 2.06. The lowest BCUT2D eigenvalue weighted by molar-refractivity contribution is 0.794. The molecule has 1 aromatic carbocycles.